The molecule has 0 aliphatic carbocycles. The number of nitrogens with zero attached hydrogens (tertiary/aromatic N) is 2. The average Bonchev–Trinajstić information content (AvgIpc) is 3.09. The Kier molecular flexibility index (Phi) is 4.14. The van der Waals surface area contributed by atoms with Gasteiger partial charge in [-0.25, -0.2) is 4.98 Å². The Hall–Kier alpha value is -1.24. The van der Waals surface area contributed by atoms with Crippen molar-refractivity contribution in [1.82, 2.24) is 15.2 Å². The van der Waals surface area contributed by atoms with Gasteiger partial charge in [0.1, 0.15) is 5.01 Å². The minimum absolute atomic E-state index is 0.182. The lowest BCUT2D eigenvalue weighted by molar-refractivity contribution is -0.133. The van der Waals surface area contributed by atoms with Crippen molar-refractivity contribution in [3.63, 3.8) is 0 Å². The summed E-state index contributed by atoms with van der Waals surface area (Å²) < 4.78 is 0. The van der Waals surface area contributed by atoms with Crippen molar-refractivity contribution in [3.8, 4) is 9.88 Å². The van der Waals surface area contributed by atoms with E-state index in [4.69, 9.17) is 0 Å². The lowest BCUT2D eigenvalue weighted by Gasteiger charge is -2.33. The second-order valence-corrected chi connectivity index (χ2v) is 6.74. The molecule has 6 heteroatoms. The van der Waals surface area contributed by atoms with Crippen LogP contribution in [0.15, 0.2) is 22.9 Å². The van der Waals surface area contributed by atoms with E-state index in [9.17, 15) is 4.79 Å². The highest BCUT2D eigenvalue weighted by Gasteiger charge is 2.23. The number of carbonyl (C=O) groups excluding carboxylic acids is 1. The van der Waals surface area contributed by atoms with Gasteiger partial charge in [0.15, 0.2) is 0 Å². The van der Waals surface area contributed by atoms with Crippen LogP contribution < -0.4 is 5.32 Å². The molecular weight excluding hydrogens is 290 g/mol. The SMILES string of the molecule is C[C@@H]1CNCCN1C(=O)Cc1csc(-c2cccs2)n1. The Morgan fingerprint density at radius 3 is 3.20 bits per heavy atom. The van der Waals surface area contributed by atoms with Gasteiger partial charge in [-0.05, 0) is 18.4 Å². The Morgan fingerprint density at radius 2 is 2.45 bits per heavy atom. The van der Waals surface area contributed by atoms with E-state index in [0.717, 1.165) is 30.3 Å². The molecule has 0 radical (unpaired) electrons. The van der Waals surface area contributed by atoms with E-state index in [1.807, 2.05) is 21.7 Å². The van der Waals surface area contributed by atoms with E-state index in [1.54, 1.807) is 22.7 Å². The van der Waals surface area contributed by atoms with Gasteiger partial charge in [-0.1, -0.05) is 6.07 Å². The molecule has 20 heavy (non-hydrogen) atoms. The third kappa shape index (κ3) is 2.92. The van der Waals surface area contributed by atoms with Gasteiger partial charge in [-0.2, -0.15) is 0 Å². The monoisotopic (exact) mass is 307 g/mol. The van der Waals surface area contributed by atoms with Crippen LogP contribution in [-0.2, 0) is 11.2 Å². The van der Waals surface area contributed by atoms with E-state index < -0.39 is 0 Å². The number of piperazine rings is 1. The Bertz CT molecular complexity index is 579. The lowest BCUT2D eigenvalue weighted by atomic mass is 10.2. The molecule has 1 saturated heterocycles. The summed E-state index contributed by atoms with van der Waals surface area (Å²) in [6.07, 6.45) is 0.409. The summed E-state index contributed by atoms with van der Waals surface area (Å²) in [6, 6.07) is 4.36. The molecule has 1 atom stereocenters. The molecule has 1 aliphatic heterocycles. The van der Waals surface area contributed by atoms with Crippen LogP contribution in [0.4, 0.5) is 0 Å². The van der Waals surface area contributed by atoms with E-state index in [1.165, 1.54) is 4.88 Å². The summed E-state index contributed by atoms with van der Waals surface area (Å²) in [5.74, 6) is 0.182. The average molecular weight is 307 g/mol. The molecule has 0 bridgehead atoms. The zero-order valence-corrected chi connectivity index (χ0v) is 13.0. The van der Waals surface area contributed by atoms with E-state index in [-0.39, 0.29) is 11.9 Å². The largest absolute Gasteiger partial charge is 0.337 e. The molecule has 0 saturated carbocycles. The normalized spacial score (nSPS) is 19.2. The first-order chi connectivity index (χ1) is 9.74. The van der Waals surface area contributed by atoms with Crippen LogP contribution >= 0.6 is 22.7 Å². The molecule has 3 heterocycles. The molecule has 4 nitrogen and oxygen atoms in total. The van der Waals surface area contributed by atoms with E-state index in [2.05, 4.69) is 23.3 Å². The van der Waals surface area contributed by atoms with Crippen LogP contribution in [0.1, 0.15) is 12.6 Å². The van der Waals surface area contributed by atoms with Crippen LogP contribution in [0.5, 0.6) is 0 Å². The fourth-order valence-corrected chi connectivity index (χ4v) is 4.00. The second-order valence-electron chi connectivity index (χ2n) is 4.94. The number of carbonyl (C=O) groups is 1. The third-order valence-corrected chi connectivity index (χ3v) is 5.37. The summed E-state index contributed by atoms with van der Waals surface area (Å²) in [5, 5.41) is 8.36. The van der Waals surface area contributed by atoms with Crippen molar-refractivity contribution >= 4 is 28.6 Å². The molecule has 1 N–H and O–H groups in total. The van der Waals surface area contributed by atoms with Gasteiger partial charge >= 0.3 is 0 Å². The van der Waals surface area contributed by atoms with Crippen molar-refractivity contribution in [2.24, 2.45) is 0 Å². The number of thiazole rings is 1. The summed E-state index contributed by atoms with van der Waals surface area (Å²) >= 11 is 3.29. The number of thiophene rings is 1. The topological polar surface area (TPSA) is 45.2 Å². The number of aromatic nitrogens is 1. The zero-order chi connectivity index (χ0) is 13.9. The maximum atomic E-state index is 12.3. The van der Waals surface area contributed by atoms with Gasteiger partial charge < -0.3 is 10.2 Å². The van der Waals surface area contributed by atoms with Gasteiger partial charge in [0.05, 0.1) is 17.0 Å². The Balaban J connectivity index is 1.67. The quantitative estimate of drug-likeness (QED) is 0.946. The van der Waals surface area contributed by atoms with Crippen LogP contribution in [0.25, 0.3) is 9.88 Å². The van der Waals surface area contributed by atoms with Crippen molar-refractivity contribution in [2.45, 2.75) is 19.4 Å². The molecule has 2 aromatic heterocycles. The summed E-state index contributed by atoms with van der Waals surface area (Å²) in [4.78, 5) is 20.0. The van der Waals surface area contributed by atoms with Gasteiger partial charge in [0.2, 0.25) is 5.91 Å². The van der Waals surface area contributed by atoms with Crippen LogP contribution in [0, 0.1) is 0 Å². The van der Waals surface area contributed by atoms with Crippen molar-refractivity contribution in [1.29, 1.82) is 0 Å². The maximum absolute atomic E-state index is 12.3. The van der Waals surface area contributed by atoms with Crippen molar-refractivity contribution in [3.05, 3.63) is 28.6 Å². The molecule has 106 valence electrons. The predicted molar refractivity (Wildman–Crippen MR) is 83.2 cm³/mol. The summed E-state index contributed by atoms with van der Waals surface area (Å²) in [6.45, 7) is 4.64. The maximum Gasteiger partial charge on any atom is 0.228 e. The highest BCUT2D eigenvalue weighted by molar-refractivity contribution is 7.20. The number of rotatable bonds is 3. The molecule has 1 aliphatic rings. The molecule has 0 aromatic carbocycles. The first-order valence-electron chi connectivity index (χ1n) is 6.72. The molecule has 0 unspecified atom stereocenters. The highest BCUT2D eigenvalue weighted by Crippen LogP contribution is 2.28. The smallest absolute Gasteiger partial charge is 0.228 e. The van der Waals surface area contributed by atoms with Crippen molar-refractivity contribution in [2.75, 3.05) is 19.6 Å². The van der Waals surface area contributed by atoms with Crippen LogP contribution in [0.3, 0.4) is 0 Å². The summed E-state index contributed by atoms with van der Waals surface area (Å²) in [7, 11) is 0. The second kappa shape index (κ2) is 6.03. The molecule has 3 rings (SSSR count). The van der Waals surface area contributed by atoms with Crippen molar-refractivity contribution < 1.29 is 4.79 Å². The number of hydrogen-bond donors (Lipinski definition) is 1. The zero-order valence-electron chi connectivity index (χ0n) is 11.3. The van der Waals surface area contributed by atoms with Gasteiger partial charge in [0, 0.05) is 31.1 Å². The lowest BCUT2D eigenvalue weighted by Crippen LogP contribution is -2.52. The predicted octanol–water partition coefficient (Wildman–Crippen LogP) is 2.23. The van der Waals surface area contributed by atoms with Gasteiger partial charge in [0.25, 0.3) is 0 Å². The third-order valence-electron chi connectivity index (χ3n) is 3.44. The van der Waals surface area contributed by atoms with E-state index in [0.29, 0.717) is 6.42 Å². The van der Waals surface area contributed by atoms with E-state index >= 15 is 0 Å². The number of amides is 1. The summed E-state index contributed by atoms with van der Waals surface area (Å²) in [5.41, 5.74) is 0.883. The van der Waals surface area contributed by atoms with Crippen LogP contribution in [-0.4, -0.2) is 41.5 Å². The molecule has 2 aromatic rings. The van der Waals surface area contributed by atoms with Crippen LogP contribution in [0.2, 0.25) is 0 Å². The highest BCUT2D eigenvalue weighted by atomic mass is 32.1. The standard InChI is InChI=1S/C14H17N3OS2/c1-10-8-15-4-5-17(10)13(18)7-11-9-20-14(16-11)12-3-2-6-19-12/h2-3,6,9-10,15H,4-5,7-8H2,1H3/t10-/m1/s1. The number of hydrogen-bond acceptors (Lipinski definition) is 5. The molecular formula is C14H17N3OS2. The molecule has 0 spiro atoms. The fourth-order valence-electron chi connectivity index (χ4n) is 2.37. The first kappa shape index (κ1) is 13.7. The first-order valence-corrected chi connectivity index (χ1v) is 8.48. The van der Waals surface area contributed by atoms with Gasteiger partial charge in [-0.3, -0.25) is 4.79 Å². The Labute approximate surface area is 126 Å². The number of nitrogens with one attached hydrogen (secondary N) is 1. The molecule has 1 fully saturated rings. The molecule has 1 amide bonds. The Morgan fingerprint density at radius 1 is 1.55 bits per heavy atom. The fraction of sp³-hybridized carbons (Fsp3) is 0.429. The minimum Gasteiger partial charge on any atom is -0.337 e. The van der Waals surface area contributed by atoms with Gasteiger partial charge in [-0.15, -0.1) is 22.7 Å². The minimum atomic E-state index is 0.182.